The van der Waals surface area contributed by atoms with Gasteiger partial charge in [0.05, 0.1) is 0 Å². The summed E-state index contributed by atoms with van der Waals surface area (Å²) in [6.07, 6.45) is 9.37. The number of rotatable bonds is 5. The topological polar surface area (TPSA) is 41.1 Å². The summed E-state index contributed by atoms with van der Waals surface area (Å²) in [4.78, 5) is 11.9. The maximum absolute atomic E-state index is 11.9. The Kier molecular flexibility index (Phi) is 5.85. The van der Waals surface area contributed by atoms with Crippen molar-refractivity contribution >= 4 is 17.3 Å². The van der Waals surface area contributed by atoms with Crippen molar-refractivity contribution in [3.63, 3.8) is 0 Å². The first-order valence-electron chi connectivity index (χ1n) is 8.03. The average molecular weight is 286 g/mol. The lowest BCUT2D eigenvalue weighted by atomic mass is 9.95. The number of amides is 1. The van der Waals surface area contributed by atoms with Crippen LogP contribution in [-0.2, 0) is 4.79 Å². The van der Waals surface area contributed by atoms with E-state index in [1.807, 2.05) is 44.2 Å². The molecule has 2 N–H and O–H groups in total. The molecule has 3 heteroatoms. The van der Waals surface area contributed by atoms with E-state index < -0.39 is 0 Å². The molecule has 1 fully saturated rings. The Bertz CT molecular complexity index is 484. The Morgan fingerprint density at radius 3 is 2.38 bits per heavy atom. The highest BCUT2D eigenvalue weighted by Crippen LogP contribution is 2.22. The molecule has 0 radical (unpaired) electrons. The molecule has 21 heavy (non-hydrogen) atoms. The van der Waals surface area contributed by atoms with E-state index in [-0.39, 0.29) is 5.91 Å². The molecule has 0 atom stereocenters. The minimum Gasteiger partial charge on any atom is -0.382 e. The Labute approximate surface area is 127 Å². The zero-order chi connectivity index (χ0) is 15.1. The molecule has 0 saturated heterocycles. The summed E-state index contributed by atoms with van der Waals surface area (Å²) in [7, 11) is 0. The Morgan fingerprint density at radius 1 is 1.14 bits per heavy atom. The smallest absolute Gasteiger partial charge is 0.250 e. The number of carbonyl (C=O) groups is 1. The van der Waals surface area contributed by atoms with Gasteiger partial charge in [0.1, 0.15) is 0 Å². The second-order valence-electron chi connectivity index (χ2n) is 5.81. The van der Waals surface area contributed by atoms with Crippen LogP contribution in [0.5, 0.6) is 0 Å². The first-order valence-corrected chi connectivity index (χ1v) is 8.03. The van der Waals surface area contributed by atoms with Crippen LogP contribution in [0.1, 0.15) is 52.4 Å². The zero-order valence-corrected chi connectivity index (χ0v) is 13.1. The first-order chi connectivity index (χ1) is 10.2. The number of nitrogens with one attached hydrogen (secondary N) is 2. The predicted molar refractivity (Wildman–Crippen MR) is 89.6 cm³/mol. The number of hydrogen-bond donors (Lipinski definition) is 2. The zero-order valence-electron chi connectivity index (χ0n) is 13.1. The van der Waals surface area contributed by atoms with Crippen molar-refractivity contribution in [2.45, 2.75) is 58.4 Å². The maximum atomic E-state index is 11.9. The quantitative estimate of drug-likeness (QED) is 0.769. The molecule has 1 aromatic rings. The molecular formula is C18H26N2O. The third-order valence-electron chi connectivity index (χ3n) is 3.99. The minimum atomic E-state index is -0.0233. The SMILES string of the molecule is CC/C=C(/C)C(=O)Nc1ccc(NC2CCCCC2)cc1. The van der Waals surface area contributed by atoms with Crippen LogP contribution in [0.2, 0.25) is 0 Å². The lowest BCUT2D eigenvalue weighted by Gasteiger charge is -2.23. The van der Waals surface area contributed by atoms with Crippen molar-refractivity contribution in [1.82, 2.24) is 0 Å². The summed E-state index contributed by atoms with van der Waals surface area (Å²) < 4.78 is 0. The van der Waals surface area contributed by atoms with Crippen LogP contribution < -0.4 is 10.6 Å². The Morgan fingerprint density at radius 2 is 1.76 bits per heavy atom. The van der Waals surface area contributed by atoms with Crippen LogP contribution in [0.3, 0.4) is 0 Å². The van der Waals surface area contributed by atoms with Crippen LogP contribution in [-0.4, -0.2) is 11.9 Å². The average Bonchev–Trinajstić information content (AvgIpc) is 2.50. The normalized spacial score (nSPS) is 16.6. The van der Waals surface area contributed by atoms with Crippen molar-refractivity contribution in [3.8, 4) is 0 Å². The largest absolute Gasteiger partial charge is 0.382 e. The van der Waals surface area contributed by atoms with E-state index in [4.69, 9.17) is 0 Å². The summed E-state index contributed by atoms with van der Waals surface area (Å²) in [5.74, 6) is -0.0233. The Hall–Kier alpha value is -1.77. The van der Waals surface area contributed by atoms with Gasteiger partial charge in [-0.05, 0) is 50.5 Å². The highest BCUT2D eigenvalue weighted by Gasteiger charge is 2.12. The monoisotopic (exact) mass is 286 g/mol. The van der Waals surface area contributed by atoms with E-state index in [1.165, 1.54) is 32.1 Å². The summed E-state index contributed by atoms with van der Waals surface area (Å²) >= 11 is 0. The van der Waals surface area contributed by atoms with Crippen LogP contribution >= 0.6 is 0 Å². The lowest BCUT2D eigenvalue weighted by molar-refractivity contribution is -0.112. The van der Waals surface area contributed by atoms with Gasteiger partial charge in [0, 0.05) is 23.0 Å². The van der Waals surface area contributed by atoms with Gasteiger partial charge >= 0.3 is 0 Å². The molecule has 1 aliphatic carbocycles. The molecule has 1 aliphatic rings. The van der Waals surface area contributed by atoms with Gasteiger partial charge in [-0.3, -0.25) is 4.79 Å². The van der Waals surface area contributed by atoms with Crippen molar-refractivity contribution in [2.24, 2.45) is 0 Å². The summed E-state index contributed by atoms with van der Waals surface area (Å²) in [6, 6.07) is 8.62. The molecular weight excluding hydrogens is 260 g/mol. The van der Waals surface area contributed by atoms with E-state index in [0.717, 1.165) is 23.4 Å². The second kappa shape index (κ2) is 7.87. The highest BCUT2D eigenvalue weighted by molar-refractivity contribution is 6.03. The minimum absolute atomic E-state index is 0.0233. The third-order valence-corrected chi connectivity index (χ3v) is 3.99. The van der Waals surface area contributed by atoms with Crippen LogP contribution in [0.15, 0.2) is 35.9 Å². The fourth-order valence-corrected chi connectivity index (χ4v) is 2.76. The fourth-order valence-electron chi connectivity index (χ4n) is 2.76. The summed E-state index contributed by atoms with van der Waals surface area (Å²) in [5, 5.41) is 6.50. The number of benzene rings is 1. The van der Waals surface area contributed by atoms with Crippen molar-refractivity contribution in [2.75, 3.05) is 10.6 Å². The van der Waals surface area contributed by atoms with Gasteiger partial charge < -0.3 is 10.6 Å². The van der Waals surface area contributed by atoms with E-state index in [1.54, 1.807) is 0 Å². The van der Waals surface area contributed by atoms with Crippen molar-refractivity contribution in [1.29, 1.82) is 0 Å². The van der Waals surface area contributed by atoms with Gasteiger partial charge in [0.2, 0.25) is 0 Å². The molecule has 2 rings (SSSR count). The summed E-state index contributed by atoms with van der Waals surface area (Å²) in [5.41, 5.74) is 2.75. The number of allylic oxidation sites excluding steroid dienone is 1. The lowest BCUT2D eigenvalue weighted by Crippen LogP contribution is -2.22. The molecule has 1 saturated carbocycles. The summed E-state index contributed by atoms with van der Waals surface area (Å²) in [6.45, 7) is 3.88. The molecule has 0 spiro atoms. The molecule has 0 aromatic heterocycles. The van der Waals surface area contributed by atoms with Crippen LogP contribution in [0, 0.1) is 0 Å². The molecule has 1 aromatic carbocycles. The first kappa shape index (κ1) is 15.6. The molecule has 0 aliphatic heterocycles. The molecule has 0 bridgehead atoms. The number of anilines is 2. The van der Waals surface area contributed by atoms with E-state index in [2.05, 4.69) is 10.6 Å². The molecule has 0 unspecified atom stereocenters. The number of carbonyl (C=O) groups excluding carboxylic acids is 1. The molecule has 3 nitrogen and oxygen atoms in total. The van der Waals surface area contributed by atoms with E-state index in [9.17, 15) is 4.79 Å². The maximum Gasteiger partial charge on any atom is 0.250 e. The van der Waals surface area contributed by atoms with E-state index in [0.29, 0.717) is 6.04 Å². The van der Waals surface area contributed by atoms with Gasteiger partial charge in [0.25, 0.3) is 5.91 Å². The van der Waals surface area contributed by atoms with Gasteiger partial charge in [-0.2, -0.15) is 0 Å². The second-order valence-corrected chi connectivity index (χ2v) is 5.81. The molecule has 1 amide bonds. The van der Waals surface area contributed by atoms with Gasteiger partial charge in [0.15, 0.2) is 0 Å². The van der Waals surface area contributed by atoms with Crippen LogP contribution in [0.4, 0.5) is 11.4 Å². The fraction of sp³-hybridized carbons (Fsp3) is 0.500. The van der Waals surface area contributed by atoms with Gasteiger partial charge in [-0.25, -0.2) is 0 Å². The Balaban J connectivity index is 1.89. The standard InChI is InChI=1S/C18H26N2O/c1-3-7-14(2)18(21)20-17-12-10-16(11-13-17)19-15-8-5-4-6-9-15/h7,10-13,15,19H,3-6,8-9H2,1-2H3,(H,20,21)/b14-7-. The molecule has 0 heterocycles. The number of hydrogen-bond acceptors (Lipinski definition) is 2. The third kappa shape index (κ3) is 4.92. The van der Waals surface area contributed by atoms with Gasteiger partial charge in [-0.15, -0.1) is 0 Å². The van der Waals surface area contributed by atoms with Crippen molar-refractivity contribution in [3.05, 3.63) is 35.9 Å². The van der Waals surface area contributed by atoms with Crippen molar-refractivity contribution < 1.29 is 4.79 Å². The predicted octanol–water partition coefficient (Wildman–Crippen LogP) is 4.73. The van der Waals surface area contributed by atoms with Gasteiger partial charge in [-0.1, -0.05) is 32.3 Å². The molecule has 114 valence electrons. The van der Waals surface area contributed by atoms with Crippen LogP contribution in [0.25, 0.3) is 0 Å². The highest BCUT2D eigenvalue weighted by atomic mass is 16.1. The van der Waals surface area contributed by atoms with E-state index >= 15 is 0 Å².